The first-order valence-corrected chi connectivity index (χ1v) is 8.35. The molecule has 0 aliphatic carbocycles. The topological polar surface area (TPSA) is 76.4 Å². The molecule has 25 heavy (non-hydrogen) atoms. The van der Waals surface area contributed by atoms with E-state index in [4.69, 9.17) is 9.88 Å². The van der Waals surface area contributed by atoms with E-state index in [1.807, 2.05) is 0 Å². The molecule has 0 aliphatic rings. The molecule has 0 bridgehead atoms. The van der Waals surface area contributed by atoms with Gasteiger partial charge in [-0.2, -0.15) is 0 Å². The normalized spacial score (nSPS) is 10.8. The summed E-state index contributed by atoms with van der Waals surface area (Å²) in [5, 5.41) is 10.9. The number of halogens is 2. The molecule has 2 aromatic rings. The number of carbonyl (C=O) groups is 1. The molecule has 0 saturated heterocycles. The highest BCUT2D eigenvalue weighted by Gasteiger charge is 2.10. The molecular formula is C17H19F2N3O2S. The van der Waals surface area contributed by atoms with Crippen LogP contribution in [0.15, 0.2) is 47.4 Å². The van der Waals surface area contributed by atoms with Crippen molar-refractivity contribution in [3.05, 3.63) is 53.6 Å². The minimum Gasteiger partial charge on any atom is -0.495 e. The summed E-state index contributed by atoms with van der Waals surface area (Å²) >= 11 is 1.06. The van der Waals surface area contributed by atoms with Crippen molar-refractivity contribution in [2.24, 2.45) is 5.14 Å². The van der Waals surface area contributed by atoms with Crippen LogP contribution in [-0.2, 0) is 6.54 Å². The summed E-state index contributed by atoms with van der Waals surface area (Å²) in [5.41, 5.74) is 1.76. The Morgan fingerprint density at radius 1 is 1.28 bits per heavy atom. The van der Waals surface area contributed by atoms with Crippen LogP contribution in [0.5, 0.6) is 5.75 Å². The third kappa shape index (κ3) is 5.70. The number of benzene rings is 2. The molecule has 0 atom stereocenters. The second-order valence-electron chi connectivity index (χ2n) is 5.16. The van der Waals surface area contributed by atoms with Gasteiger partial charge in [-0.05, 0) is 41.8 Å². The molecule has 8 heteroatoms. The van der Waals surface area contributed by atoms with E-state index < -0.39 is 6.43 Å². The summed E-state index contributed by atoms with van der Waals surface area (Å²) < 4.78 is 29.5. The lowest BCUT2D eigenvalue weighted by Gasteiger charge is -2.11. The van der Waals surface area contributed by atoms with Crippen molar-refractivity contribution in [3.63, 3.8) is 0 Å². The van der Waals surface area contributed by atoms with Crippen molar-refractivity contribution in [3.8, 4) is 5.75 Å². The van der Waals surface area contributed by atoms with Crippen molar-refractivity contribution in [1.29, 1.82) is 0 Å². The predicted octanol–water partition coefficient (Wildman–Crippen LogP) is 3.27. The van der Waals surface area contributed by atoms with Gasteiger partial charge in [0, 0.05) is 23.9 Å². The fourth-order valence-electron chi connectivity index (χ4n) is 2.19. The largest absolute Gasteiger partial charge is 0.495 e. The highest BCUT2D eigenvalue weighted by atomic mass is 32.2. The Labute approximate surface area is 149 Å². The van der Waals surface area contributed by atoms with Gasteiger partial charge in [-0.3, -0.25) is 9.93 Å². The predicted molar refractivity (Wildman–Crippen MR) is 95.1 cm³/mol. The summed E-state index contributed by atoms with van der Waals surface area (Å²) in [6, 6.07) is 12.0. The summed E-state index contributed by atoms with van der Waals surface area (Å²) in [4.78, 5) is 13.1. The zero-order valence-electron chi connectivity index (χ0n) is 13.6. The van der Waals surface area contributed by atoms with Crippen LogP contribution < -0.4 is 20.5 Å². The number of nitrogens with one attached hydrogen (secondary N) is 2. The number of ether oxygens (including phenoxy) is 1. The zero-order chi connectivity index (χ0) is 18.2. The van der Waals surface area contributed by atoms with Crippen LogP contribution in [0.1, 0.15) is 15.9 Å². The monoisotopic (exact) mass is 367 g/mol. The van der Waals surface area contributed by atoms with Gasteiger partial charge >= 0.3 is 0 Å². The molecular weight excluding hydrogens is 348 g/mol. The lowest BCUT2D eigenvalue weighted by atomic mass is 10.1. The number of anilines is 1. The molecule has 2 aromatic carbocycles. The molecule has 1 amide bonds. The van der Waals surface area contributed by atoms with E-state index in [-0.39, 0.29) is 19.0 Å². The van der Waals surface area contributed by atoms with Gasteiger partial charge in [-0.25, -0.2) is 8.78 Å². The fourth-order valence-corrected chi connectivity index (χ4v) is 2.60. The number of carbonyl (C=O) groups excluding carboxylic acids is 1. The molecule has 0 aliphatic heterocycles. The molecule has 134 valence electrons. The Morgan fingerprint density at radius 2 is 2.08 bits per heavy atom. The first kappa shape index (κ1) is 19.2. The molecule has 0 fully saturated rings. The molecule has 5 nitrogen and oxygen atoms in total. The Balaban J connectivity index is 2.05. The molecule has 0 unspecified atom stereocenters. The van der Waals surface area contributed by atoms with Crippen molar-refractivity contribution < 1.29 is 18.3 Å². The number of nitrogens with two attached hydrogens (primary N) is 1. The van der Waals surface area contributed by atoms with Crippen LogP contribution in [0.3, 0.4) is 0 Å². The van der Waals surface area contributed by atoms with E-state index in [9.17, 15) is 13.6 Å². The average Bonchev–Trinajstić information content (AvgIpc) is 2.61. The van der Waals surface area contributed by atoms with Crippen LogP contribution in [-0.4, -0.2) is 26.0 Å². The SMILES string of the molecule is COc1cc(NC(=O)c2cccc(CNCC(F)F)c2)ccc1SN. The third-order valence-electron chi connectivity index (χ3n) is 3.37. The number of rotatable bonds is 8. The third-order valence-corrected chi connectivity index (χ3v) is 3.96. The summed E-state index contributed by atoms with van der Waals surface area (Å²) in [6.45, 7) is -0.122. The van der Waals surface area contributed by atoms with Gasteiger partial charge in [-0.1, -0.05) is 12.1 Å². The Bertz CT molecular complexity index is 729. The highest BCUT2D eigenvalue weighted by Crippen LogP contribution is 2.29. The minimum atomic E-state index is -2.41. The molecule has 0 radical (unpaired) electrons. The van der Waals surface area contributed by atoms with Crippen molar-refractivity contribution >= 4 is 23.5 Å². The highest BCUT2D eigenvalue weighted by molar-refractivity contribution is 7.97. The standard InChI is InChI=1S/C17H19F2N3O2S/c1-24-14-8-13(5-6-15(14)25-20)22-17(23)12-4-2-3-11(7-12)9-21-10-16(18)19/h2-8,16,21H,9-10,20H2,1H3,(H,22,23). The molecule has 2 rings (SSSR count). The maximum atomic E-state index is 12.4. The minimum absolute atomic E-state index is 0.266. The van der Waals surface area contributed by atoms with Crippen LogP contribution in [0.2, 0.25) is 0 Å². The number of alkyl halides is 2. The van der Waals surface area contributed by atoms with Crippen LogP contribution >= 0.6 is 11.9 Å². The zero-order valence-corrected chi connectivity index (χ0v) is 14.4. The Morgan fingerprint density at radius 3 is 2.76 bits per heavy atom. The van der Waals surface area contributed by atoms with Gasteiger partial charge in [-0.15, -0.1) is 0 Å². The Hall–Kier alpha value is -2.16. The summed E-state index contributed by atoms with van der Waals surface area (Å²) in [6.07, 6.45) is -2.41. The first-order chi connectivity index (χ1) is 12.0. The number of methoxy groups -OCH3 is 1. The van der Waals surface area contributed by atoms with Gasteiger partial charge in [0.05, 0.1) is 18.6 Å². The van der Waals surface area contributed by atoms with E-state index in [1.54, 1.807) is 42.5 Å². The fraction of sp³-hybridized carbons (Fsp3) is 0.235. The maximum absolute atomic E-state index is 12.4. The molecule has 0 heterocycles. The maximum Gasteiger partial charge on any atom is 0.255 e. The lowest BCUT2D eigenvalue weighted by Crippen LogP contribution is -2.21. The van der Waals surface area contributed by atoms with E-state index in [0.717, 1.165) is 22.4 Å². The summed E-state index contributed by atoms with van der Waals surface area (Å²) in [5.74, 6) is 0.265. The molecule has 0 aromatic heterocycles. The smallest absolute Gasteiger partial charge is 0.255 e. The van der Waals surface area contributed by atoms with Crippen molar-refractivity contribution in [2.75, 3.05) is 19.0 Å². The van der Waals surface area contributed by atoms with E-state index in [0.29, 0.717) is 17.0 Å². The number of amides is 1. The van der Waals surface area contributed by atoms with Gasteiger partial charge in [0.1, 0.15) is 5.75 Å². The summed E-state index contributed by atoms with van der Waals surface area (Å²) in [7, 11) is 1.52. The van der Waals surface area contributed by atoms with Gasteiger partial charge in [0.25, 0.3) is 12.3 Å². The quantitative estimate of drug-likeness (QED) is 0.625. The second kappa shape index (κ2) is 9.36. The van der Waals surface area contributed by atoms with E-state index in [2.05, 4.69) is 10.6 Å². The first-order valence-electron chi connectivity index (χ1n) is 7.47. The average molecular weight is 367 g/mol. The number of hydrogen-bond acceptors (Lipinski definition) is 5. The lowest BCUT2D eigenvalue weighted by molar-refractivity contribution is 0.102. The van der Waals surface area contributed by atoms with Crippen LogP contribution in [0.4, 0.5) is 14.5 Å². The van der Waals surface area contributed by atoms with Crippen molar-refractivity contribution in [1.82, 2.24) is 5.32 Å². The molecule has 4 N–H and O–H groups in total. The van der Waals surface area contributed by atoms with E-state index in [1.165, 1.54) is 7.11 Å². The Kier molecular flexibility index (Phi) is 7.17. The van der Waals surface area contributed by atoms with E-state index >= 15 is 0 Å². The number of hydrogen-bond donors (Lipinski definition) is 3. The van der Waals surface area contributed by atoms with Crippen LogP contribution in [0, 0.1) is 0 Å². The van der Waals surface area contributed by atoms with Crippen molar-refractivity contribution in [2.45, 2.75) is 17.9 Å². The van der Waals surface area contributed by atoms with Gasteiger partial charge in [0.2, 0.25) is 0 Å². The van der Waals surface area contributed by atoms with Gasteiger partial charge < -0.3 is 15.4 Å². The second-order valence-corrected chi connectivity index (χ2v) is 5.84. The molecule has 0 saturated carbocycles. The van der Waals surface area contributed by atoms with Crippen LogP contribution in [0.25, 0.3) is 0 Å². The van der Waals surface area contributed by atoms with Gasteiger partial charge in [0.15, 0.2) is 0 Å². The molecule has 0 spiro atoms.